The lowest BCUT2D eigenvalue weighted by Gasteiger charge is -2.45. The van der Waals surface area contributed by atoms with Gasteiger partial charge < -0.3 is 9.16 Å². The molecule has 0 aromatic heterocycles. The second-order valence-electron chi connectivity index (χ2n) is 10.0. The van der Waals surface area contributed by atoms with Crippen LogP contribution in [0.1, 0.15) is 48.0 Å². The van der Waals surface area contributed by atoms with Gasteiger partial charge in [0.25, 0.3) is 0 Å². The number of hydrogen-bond donors (Lipinski definition) is 0. The predicted octanol–water partition coefficient (Wildman–Crippen LogP) is 5.67. The molecule has 1 fully saturated rings. The highest BCUT2D eigenvalue weighted by atomic mass is 28.4. The van der Waals surface area contributed by atoms with Gasteiger partial charge in [0, 0.05) is 6.42 Å². The van der Waals surface area contributed by atoms with Gasteiger partial charge >= 0.3 is 0 Å². The van der Waals surface area contributed by atoms with Crippen LogP contribution in [0.4, 0.5) is 0 Å². The van der Waals surface area contributed by atoms with Gasteiger partial charge in [-0.3, -0.25) is 0 Å². The third-order valence-corrected chi connectivity index (χ3v) is 16.2. The van der Waals surface area contributed by atoms with E-state index < -0.39 is 16.4 Å². The van der Waals surface area contributed by atoms with Gasteiger partial charge in [0.05, 0.1) is 26.9 Å². The van der Waals surface area contributed by atoms with E-state index in [2.05, 4.69) is 67.7 Å². The van der Waals surface area contributed by atoms with Gasteiger partial charge in [0.2, 0.25) is 0 Å². The second kappa shape index (κ2) is 6.10. The van der Waals surface area contributed by atoms with Crippen molar-refractivity contribution in [3.8, 4) is 0 Å². The monoisotopic (exact) mass is 330 g/mol. The van der Waals surface area contributed by atoms with Crippen molar-refractivity contribution in [3.05, 3.63) is 0 Å². The van der Waals surface area contributed by atoms with Crippen LogP contribution in [0, 0.1) is 0 Å². The molecule has 0 unspecified atom stereocenters. The number of ether oxygens (including phenoxy) is 1. The van der Waals surface area contributed by atoms with Gasteiger partial charge in [-0.05, 0) is 29.2 Å². The van der Waals surface area contributed by atoms with Crippen LogP contribution >= 0.6 is 0 Å². The first-order valence-corrected chi connectivity index (χ1v) is 14.6. The molecule has 0 aromatic carbocycles. The lowest BCUT2D eigenvalue weighted by Crippen LogP contribution is -2.50. The molecule has 1 heterocycles. The van der Waals surface area contributed by atoms with Crippen LogP contribution in [-0.2, 0) is 9.16 Å². The lowest BCUT2D eigenvalue weighted by molar-refractivity contribution is -0.130. The van der Waals surface area contributed by atoms with Gasteiger partial charge in [-0.2, -0.15) is 0 Å². The van der Waals surface area contributed by atoms with Crippen molar-refractivity contribution in [2.24, 2.45) is 0 Å². The van der Waals surface area contributed by atoms with Crippen LogP contribution in [-0.4, -0.2) is 35.2 Å². The minimum absolute atomic E-state index is 0.289. The van der Waals surface area contributed by atoms with E-state index in [-0.39, 0.29) is 5.04 Å². The van der Waals surface area contributed by atoms with Crippen molar-refractivity contribution in [2.75, 3.05) is 6.61 Å². The van der Waals surface area contributed by atoms with Gasteiger partial charge in [0.1, 0.15) is 0 Å². The summed E-state index contributed by atoms with van der Waals surface area (Å²) < 4.78 is 12.4. The Hall–Kier alpha value is 0.354. The number of rotatable bonds is 5. The summed E-state index contributed by atoms with van der Waals surface area (Å²) in [6.45, 7) is 24.5. The third kappa shape index (κ3) is 4.91. The number of hydrogen-bond acceptors (Lipinski definition) is 2. The fraction of sp³-hybridized carbons (Fsp3) is 1.00. The Balaban J connectivity index is 2.35. The molecule has 21 heavy (non-hydrogen) atoms. The summed E-state index contributed by atoms with van der Waals surface area (Å²) in [6.07, 6.45) is 2.02. The molecule has 0 bridgehead atoms. The zero-order valence-electron chi connectivity index (χ0n) is 16.1. The van der Waals surface area contributed by atoms with E-state index in [0.717, 1.165) is 6.61 Å². The average molecular weight is 331 g/mol. The van der Waals surface area contributed by atoms with Crippen molar-refractivity contribution in [2.45, 2.75) is 102 Å². The first-order valence-electron chi connectivity index (χ1n) is 8.45. The molecule has 126 valence electrons. The predicted molar refractivity (Wildman–Crippen MR) is 98.4 cm³/mol. The second-order valence-corrected chi connectivity index (χ2v) is 20.5. The summed E-state index contributed by atoms with van der Waals surface area (Å²) in [6, 6.07) is 1.28. The Morgan fingerprint density at radius 1 is 0.905 bits per heavy atom. The highest BCUT2D eigenvalue weighted by Gasteiger charge is 2.43. The molecule has 4 heteroatoms. The highest BCUT2D eigenvalue weighted by molar-refractivity contribution is 6.80. The quantitative estimate of drug-likeness (QED) is 0.604. The molecule has 0 amide bonds. The van der Waals surface area contributed by atoms with Gasteiger partial charge in [0.15, 0.2) is 8.32 Å². The van der Waals surface area contributed by atoms with E-state index in [1.165, 1.54) is 12.5 Å². The van der Waals surface area contributed by atoms with Gasteiger partial charge in [-0.25, -0.2) is 0 Å². The zero-order valence-corrected chi connectivity index (χ0v) is 18.1. The fourth-order valence-corrected chi connectivity index (χ4v) is 5.24. The van der Waals surface area contributed by atoms with Crippen molar-refractivity contribution in [1.29, 1.82) is 0 Å². The molecular formula is C17H38O2Si2. The Morgan fingerprint density at radius 2 is 1.38 bits per heavy atom. The van der Waals surface area contributed by atoms with Crippen LogP contribution in [0.25, 0.3) is 0 Å². The SMILES string of the molecule is CC(C)(C)[Si](C)(C)C[C@H]1C[C@@H](CO[Si](C)(C)C(C)(C)C)O1. The minimum atomic E-state index is -1.62. The van der Waals surface area contributed by atoms with E-state index in [1.807, 2.05) is 0 Å². The van der Waals surface area contributed by atoms with E-state index in [9.17, 15) is 0 Å². The maximum absolute atomic E-state index is 6.27. The van der Waals surface area contributed by atoms with Crippen LogP contribution < -0.4 is 0 Å². The summed E-state index contributed by atoms with van der Waals surface area (Å²) in [5, 5.41) is 0.746. The topological polar surface area (TPSA) is 18.5 Å². The van der Waals surface area contributed by atoms with E-state index in [0.29, 0.717) is 17.2 Å². The highest BCUT2D eigenvalue weighted by Crippen LogP contribution is 2.43. The molecule has 1 saturated heterocycles. The molecule has 0 aromatic rings. The largest absolute Gasteiger partial charge is 0.414 e. The molecule has 0 aliphatic carbocycles. The molecule has 0 spiro atoms. The summed E-state index contributed by atoms with van der Waals surface area (Å²) in [5.41, 5.74) is 0. The van der Waals surface area contributed by atoms with Gasteiger partial charge in [-0.1, -0.05) is 54.6 Å². The van der Waals surface area contributed by atoms with Crippen LogP contribution in [0.2, 0.25) is 42.3 Å². The molecule has 1 rings (SSSR count). The van der Waals surface area contributed by atoms with E-state index >= 15 is 0 Å². The maximum Gasteiger partial charge on any atom is 0.192 e. The summed E-state index contributed by atoms with van der Waals surface area (Å²) in [5.74, 6) is 0. The van der Waals surface area contributed by atoms with Crippen molar-refractivity contribution in [3.63, 3.8) is 0 Å². The van der Waals surface area contributed by atoms with Crippen LogP contribution in [0.5, 0.6) is 0 Å². The first-order chi connectivity index (χ1) is 9.16. The molecule has 0 saturated carbocycles. The minimum Gasteiger partial charge on any atom is -0.414 e. The molecule has 0 N–H and O–H groups in total. The Bertz CT molecular complexity index is 345. The maximum atomic E-state index is 6.27. The summed E-state index contributed by atoms with van der Waals surface area (Å²) in [4.78, 5) is 0. The molecule has 2 atom stereocenters. The standard InChI is InChI=1S/C17H38O2Si2/c1-16(2,3)20(7,8)13-15-11-14(19-15)12-18-21(9,10)17(4,5)6/h14-15H,11-13H2,1-10H3/t14-,15+/m0/s1. The average Bonchev–Trinajstić information content (AvgIpc) is 2.17. The fourth-order valence-electron chi connectivity index (χ4n) is 2.19. The van der Waals surface area contributed by atoms with Crippen molar-refractivity contribution >= 4 is 16.4 Å². The lowest BCUT2D eigenvalue weighted by atomic mass is 10.1. The van der Waals surface area contributed by atoms with Crippen LogP contribution in [0.15, 0.2) is 0 Å². The zero-order chi connectivity index (χ0) is 16.7. The Morgan fingerprint density at radius 3 is 1.76 bits per heavy atom. The Kier molecular flexibility index (Phi) is 5.64. The Labute approximate surface area is 135 Å². The molecule has 1 aliphatic rings. The van der Waals surface area contributed by atoms with E-state index in [1.54, 1.807) is 0 Å². The first kappa shape index (κ1) is 19.4. The van der Waals surface area contributed by atoms with Crippen molar-refractivity contribution in [1.82, 2.24) is 0 Å². The van der Waals surface area contributed by atoms with Gasteiger partial charge in [-0.15, -0.1) is 0 Å². The van der Waals surface area contributed by atoms with Crippen LogP contribution in [0.3, 0.4) is 0 Å². The smallest absolute Gasteiger partial charge is 0.192 e. The molecular weight excluding hydrogens is 292 g/mol. The molecule has 1 aliphatic heterocycles. The summed E-state index contributed by atoms with van der Waals surface area (Å²) in [7, 11) is -2.83. The third-order valence-electron chi connectivity index (χ3n) is 6.12. The van der Waals surface area contributed by atoms with Crippen molar-refractivity contribution < 1.29 is 9.16 Å². The summed E-state index contributed by atoms with van der Waals surface area (Å²) >= 11 is 0. The van der Waals surface area contributed by atoms with E-state index in [4.69, 9.17) is 9.16 Å². The molecule has 2 nitrogen and oxygen atoms in total. The normalized spacial score (nSPS) is 24.9. The molecule has 0 radical (unpaired) electrons.